The second-order valence-electron chi connectivity index (χ2n) is 8.37. The number of aromatic nitrogens is 6. The smallest absolute Gasteiger partial charge is 0.0887 e. The summed E-state index contributed by atoms with van der Waals surface area (Å²) in [6.45, 7) is 0. The van der Waals surface area contributed by atoms with Crippen molar-refractivity contribution in [1.29, 1.82) is 0 Å². The van der Waals surface area contributed by atoms with Crippen LogP contribution in [0.1, 0.15) is 16.7 Å². The Morgan fingerprint density at radius 3 is 0.814 bits per heavy atom. The van der Waals surface area contributed by atoms with Gasteiger partial charge in [-0.1, -0.05) is 36.0 Å². The van der Waals surface area contributed by atoms with Crippen LogP contribution in [0.4, 0.5) is 0 Å². The first-order chi connectivity index (χ1) is 20.7. The van der Waals surface area contributed by atoms with Gasteiger partial charge in [0.2, 0.25) is 0 Å². The Hall–Kier alpha value is -5.91. The van der Waals surface area contributed by atoms with Crippen molar-refractivity contribution in [3.63, 3.8) is 0 Å². The fourth-order valence-electron chi connectivity index (χ4n) is 3.44. The van der Waals surface area contributed by atoms with Gasteiger partial charge in [0.05, 0.1) is 34.2 Å². The summed E-state index contributed by atoms with van der Waals surface area (Å²) in [4.78, 5) is 25.2. The number of pyridine rings is 6. The molecule has 6 aromatic heterocycles. The van der Waals surface area contributed by atoms with Crippen LogP contribution in [0.2, 0.25) is 0 Å². The van der Waals surface area contributed by atoms with Crippen molar-refractivity contribution in [2.45, 2.75) is 0 Å². The van der Waals surface area contributed by atoms with Gasteiger partial charge >= 0.3 is 0 Å². The van der Waals surface area contributed by atoms with Crippen LogP contribution in [-0.2, 0) is 16.8 Å². The monoisotopic (exact) mass is 599 g/mol. The topological polar surface area (TPSA) is 77.3 Å². The molecule has 0 aliphatic heterocycles. The molecule has 43 heavy (non-hydrogen) atoms. The van der Waals surface area contributed by atoms with Crippen molar-refractivity contribution in [2.24, 2.45) is 0 Å². The van der Waals surface area contributed by atoms with Crippen molar-refractivity contribution in [1.82, 2.24) is 29.9 Å². The maximum Gasteiger partial charge on any atom is 0.0887 e. The van der Waals surface area contributed by atoms with Crippen LogP contribution >= 0.6 is 0 Å². The van der Waals surface area contributed by atoms with Crippen LogP contribution in [-0.4, -0.2) is 29.9 Å². The summed E-state index contributed by atoms with van der Waals surface area (Å²) in [7, 11) is 0. The zero-order chi connectivity index (χ0) is 29.4. The standard InChI is InChI=1S/3C12H8N2.Co/c3*1-2-10-6-7-12(14-9-10)11-5-3-4-8-13-11;/h3*1,3-9H;. The molecule has 0 spiro atoms. The number of terminal acetylenes is 3. The van der Waals surface area contributed by atoms with Crippen molar-refractivity contribution >= 4 is 0 Å². The fourth-order valence-corrected chi connectivity index (χ4v) is 3.44. The van der Waals surface area contributed by atoms with Gasteiger partial charge in [-0.15, -0.1) is 19.3 Å². The summed E-state index contributed by atoms with van der Waals surface area (Å²) in [5, 5.41) is 0. The molecule has 0 saturated heterocycles. The molecule has 207 valence electrons. The second-order valence-corrected chi connectivity index (χ2v) is 8.37. The largest absolute Gasteiger partial charge is 0.255 e. The van der Waals surface area contributed by atoms with E-state index >= 15 is 0 Å². The van der Waals surface area contributed by atoms with Crippen molar-refractivity contribution in [3.05, 3.63) is 145 Å². The Bertz CT molecular complexity index is 1580. The molecule has 0 saturated carbocycles. The predicted octanol–water partition coefficient (Wildman–Crippen LogP) is 6.37. The summed E-state index contributed by atoms with van der Waals surface area (Å²) in [5.41, 5.74) is 7.43. The minimum absolute atomic E-state index is 0. The van der Waals surface area contributed by atoms with Gasteiger partial charge in [0, 0.05) is 70.7 Å². The van der Waals surface area contributed by atoms with Crippen molar-refractivity contribution < 1.29 is 16.8 Å². The molecule has 6 rings (SSSR count). The third-order valence-electron chi connectivity index (χ3n) is 5.57. The number of nitrogens with zero attached hydrogens (tertiary/aromatic N) is 6. The minimum atomic E-state index is 0. The quantitative estimate of drug-likeness (QED) is 0.220. The zero-order valence-electron chi connectivity index (χ0n) is 22.9. The Kier molecular flexibility index (Phi) is 12.5. The molecule has 0 aliphatic rings. The average molecular weight is 600 g/mol. The molecule has 6 nitrogen and oxygen atoms in total. The van der Waals surface area contributed by atoms with E-state index in [0.29, 0.717) is 0 Å². The molecule has 0 N–H and O–H groups in total. The van der Waals surface area contributed by atoms with Gasteiger partial charge < -0.3 is 0 Å². The predicted molar refractivity (Wildman–Crippen MR) is 166 cm³/mol. The first-order valence-electron chi connectivity index (χ1n) is 12.7. The summed E-state index contributed by atoms with van der Waals surface area (Å²) in [6, 6.07) is 28.3. The van der Waals surface area contributed by atoms with E-state index in [9.17, 15) is 0 Å². The third-order valence-corrected chi connectivity index (χ3v) is 5.57. The molecule has 0 amide bonds. The molecule has 0 unspecified atom stereocenters. The van der Waals surface area contributed by atoms with Crippen LogP contribution in [0.25, 0.3) is 34.2 Å². The van der Waals surface area contributed by atoms with E-state index in [2.05, 4.69) is 47.7 Å². The Labute approximate surface area is 262 Å². The molecule has 6 heterocycles. The average Bonchev–Trinajstić information content (AvgIpc) is 3.10. The Morgan fingerprint density at radius 2 is 0.628 bits per heavy atom. The molecule has 7 heteroatoms. The van der Waals surface area contributed by atoms with Gasteiger partial charge in [-0.25, -0.2) is 0 Å². The third kappa shape index (κ3) is 9.60. The summed E-state index contributed by atoms with van der Waals surface area (Å²) < 4.78 is 0. The van der Waals surface area contributed by atoms with Crippen LogP contribution in [0.15, 0.2) is 128 Å². The van der Waals surface area contributed by atoms with Crippen molar-refractivity contribution in [2.75, 3.05) is 0 Å². The van der Waals surface area contributed by atoms with E-state index in [0.717, 1.165) is 50.9 Å². The second kappa shape index (κ2) is 17.0. The minimum Gasteiger partial charge on any atom is -0.255 e. The van der Waals surface area contributed by atoms with Crippen LogP contribution in [0.5, 0.6) is 0 Å². The van der Waals surface area contributed by atoms with Gasteiger partial charge in [-0.3, -0.25) is 29.9 Å². The van der Waals surface area contributed by atoms with Crippen LogP contribution < -0.4 is 0 Å². The molecule has 0 bridgehead atoms. The Balaban J connectivity index is 0.000000175. The van der Waals surface area contributed by atoms with E-state index in [-0.39, 0.29) is 16.8 Å². The SMILES string of the molecule is C#Cc1ccc(-c2ccccn2)nc1.C#Cc1ccc(-c2ccccn2)nc1.C#Cc1ccc(-c2ccccn2)nc1.[Co]. The van der Waals surface area contributed by atoms with Gasteiger partial charge in [0.1, 0.15) is 0 Å². The van der Waals surface area contributed by atoms with Gasteiger partial charge in [0.15, 0.2) is 0 Å². The first-order valence-corrected chi connectivity index (χ1v) is 12.7. The van der Waals surface area contributed by atoms with Gasteiger partial charge in [0.25, 0.3) is 0 Å². The van der Waals surface area contributed by atoms with Gasteiger partial charge in [-0.2, -0.15) is 0 Å². The number of hydrogen-bond donors (Lipinski definition) is 0. The Morgan fingerprint density at radius 1 is 0.349 bits per heavy atom. The molecular formula is C36H24CoN6. The molecular weight excluding hydrogens is 575 g/mol. The number of rotatable bonds is 3. The molecule has 0 fully saturated rings. The molecule has 6 aromatic rings. The molecule has 0 atom stereocenters. The van der Waals surface area contributed by atoms with E-state index in [1.807, 2.05) is 91.0 Å². The summed E-state index contributed by atoms with van der Waals surface area (Å²) in [5.74, 6) is 7.57. The van der Waals surface area contributed by atoms with E-state index < -0.39 is 0 Å². The molecule has 1 radical (unpaired) electrons. The fraction of sp³-hybridized carbons (Fsp3) is 0. The maximum atomic E-state index is 5.23. The normalized spacial score (nSPS) is 9.14. The molecule has 0 aromatic carbocycles. The maximum absolute atomic E-state index is 5.23. The van der Waals surface area contributed by atoms with E-state index in [1.165, 1.54) is 0 Å². The van der Waals surface area contributed by atoms with Crippen molar-refractivity contribution in [3.8, 4) is 71.2 Å². The summed E-state index contributed by atoms with van der Waals surface area (Å²) in [6.07, 6.45) is 25.9. The van der Waals surface area contributed by atoms with E-state index in [1.54, 1.807) is 37.2 Å². The van der Waals surface area contributed by atoms with Crippen LogP contribution in [0, 0.1) is 37.0 Å². The number of hydrogen-bond acceptors (Lipinski definition) is 6. The molecule has 0 aliphatic carbocycles. The zero-order valence-corrected chi connectivity index (χ0v) is 23.9. The van der Waals surface area contributed by atoms with Gasteiger partial charge in [-0.05, 0) is 72.8 Å². The van der Waals surface area contributed by atoms with Crippen LogP contribution in [0.3, 0.4) is 0 Å². The summed E-state index contributed by atoms with van der Waals surface area (Å²) >= 11 is 0. The van der Waals surface area contributed by atoms with E-state index in [4.69, 9.17) is 19.3 Å². The first kappa shape index (κ1) is 31.6.